The molecule has 1 aromatic rings. The minimum absolute atomic E-state index is 0.0219. The van der Waals surface area contributed by atoms with Gasteiger partial charge in [0.15, 0.2) is 0 Å². The fourth-order valence-corrected chi connectivity index (χ4v) is 2.84. The highest BCUT2D eigenvalue weighted by Crippen LogP contribution is 2.35. The van der Waals surface area contributed by atoms with Crippen molar-refractivity contribution in [3.63, 3.8) is 0 Å². The van der Waals surface area contributed by atoms with E-state index in [0.717, 1.165) is 31.4 Å². The zero-order valence-electron chi connectivity index (χ0n) is 10.2. The summed E-state index contributed by atoms with van der Waals surface area (Å²) >= 11 is 0. The number of hydrogen-bond donors (Lipinski definition) is 0. The molecule has 0 N–H and O–H groups in total. The maximum Gasteiger partial charge on any atom is 0.230 e. The summed E-state index contributed by atoms with van der Waals surface area (Å²) in [4.78, 5) is 24.7. The van der Waals surface area contributed by atoms with Crippen LogP contribution in [-0.2, 0) is 4.79 Å². The number of likely N-dealkylation sites (tertiary alicyclic amines) is 1. The first-order chi connectivity index (χ1) is 8.79. The summed E-state index contributed by atoms with van der Waals surface area (Å²) in [6.45, 7) is 0.877. The van der Waals surface area contributed by atoms with Gasteiger partial charge in [0.2, 0.25) is 5.91 Å². The molecule has 1 amide bonds. The van der Waals surface area contributed by atoms with Gasteiger partial charge in [-0.25, -0.2) is 0 Å². The van der Waals surface area contributed by atoms with Gasteiger partial charge in [0.25, 0.3) is 0 Å². The van der Waals surface area contributed by atoms with E-state index in [1.165, 1.54) is 6.42 Å². The van der Waals surface area contributed by atoms with Crippen molar-refractivity contribution in [1.29, 1.82) is 0 Å². The Morgan fingerprint density at radius 3 is 2.39 bits per heavy atom. The van der Waals surface area contributed by atoms with Gasteiger partial charge in [-0.2, -0.15) is 0 Å². The van der Waals surface area contributed by atoms with E-state index in [-0.39, 0.29) is 11.8 Å². The summed E-state index contributed by atoms with van der Waals surface area (Å²) in [5.41, 5.74) is 1.43. The first-order valence-corrected chi connectivity index (χ1v) is 6.53. The third-order valence-corrected chi connectivity index (χ3v) is 4.16. The second kappa shape index (κ2) is 4.52. The van der Waals surface area contributed by atoms with E-state index in [9.17, 15) is 9.70 Å². The topological polar surface area (TPSA) is 49.7 Å². The van der Waals surface area contributed by atoms with Gasteiger partial charge in [0, 0.05) is 12.6 Å². The molecule has 1 aliphatic heterocycles. The Morgan fingerprint density at radius 2 is 1.83 bits per heavy atom. The number of nitroso groups, excluding NO2 is 1. The van der Waals surface area contributed by atoms with Crippen molar-refractivity contribution in [1.82, 2.24) is 4.90 Å². The zero-order valence-corrected chi connectivity index (χ0v) is 10.2. The third kappa shape index (κ3) is 1.82. The number of nitrogens with zero attached hydrogens (tertiary/aromatic N) is 2. The predicted molar refractivity (Wildman–Crippen MR) is 68.6 cm³/mol. The summed E-state index contributed by atoms with van der Waals surface area (Å²) < 4.78 is 0. The minimum Gasteiger partial charge on any atom is -0.339 e. The van der Waals surface area contributed by atoms with E-state index < -0.39 is 0 Å². The summed E-state index contributed by atoms with van der Waals surface area (Å²) in [7, 11) is 0. The molecule has 0 spiro atoms. The molecule has 4 heteroatoms. The van der Waals surface area contributed by atoms with Crippen molar-refractivity contribution >= 4 is 11.6 Å². The Morgan fingerprint density at radius 1 is 1.11 bits per heavy atom. The number of carbonyl (C=O) groups excluding carboxylic acids is 1. The van der Waals surface area contributed by atoms with Crippen LogP contribution in [0.2, 0.25) is 0 Å². The average molecular weight is 244 g/mol. The van der Waals surface area contributed by atoms with Crippen LogP contribution in [0.3, 0.4) is 0 Å². The molecule has 0 radical (unpaired) electrons. The largest absolute Gasteiger partial charge is 0.339 e. The van der Waals surface area contributed by atoms with Crippen LogP contribution in [0.15, 0.2) is 29.4 Å². The van der Waals surface area contributed by atoms with Crippen LogP contribution >= 0.6 is 0 Å². The van der Waals surface area contributed by atoms with Crippen LogP contribution in [0.25, 0.3) is 0 Å². The molecule has 1 heterocycles. The summed E-state index contributed by atoms with van der Waals surface area (Å²) in [5.74, 6) is 0.234. The smallest absolute Gasteiger partial charge is 0.230 e. The van der Waals surface area contributed by atoms with Crippen LogP contribution in [-0.4, -0.2) is 23.4 Å². The number of carbonyl (C=O) groups is 1. The molecule has 94 valence electrons. The molecule has 4 nitrogen and oxygen atoms in total. The molecule has 1 unspecified atom stereocenters. The fraction of sp³-hybridized carbons (Fsp3) is 0.500. The standard InChI is InChI=1S/C14H16N2O2/c17-14-13(8-9-16(14)12-2-1-3-12)10-4-6-11(15-18)7-5-10/h4-7,12-13H,1-3,8-9H2. The summed E-state index contributed by atoms with van der Waals surface area (Å²) in [6.07, 6.45) is 4.46. The molecule has 1 aliphatic carbocycles. The lowest BCUT2D eigenvalue weighted by atomic mass is 9.91. The first kappa shape index (κ1) is 11.4. The molecule has 0 aromatic heterocycles. The number of hydrogen-bond acceptors (Lipinski definition) is 3. The zero-order chi connectivity index (χ0) is 12.5. The van der Waals surface area contributed by atoms with E-state index in [4.69, 9.17) is 0 Å². The van der Waals surface area contributed by atoms with Gasteiger partial charge in [-0.1, -0.05) is 12.1 Å². The van der Waals surface area contributed by atoms with Gasteiger partial charge in [0.1, 0.15) is 5.69 Å². The van der Waals surface area contributed by atoms with Gasteiger partial charge >= 0.3 is 0 Å². The fourth-order valence-electron chi connectivity index (χ4n) is 2.84. The van der Waals surface area contributed by atoms with E-state index in [1.54, 1.807) is 12.1 Å². The van der Waals surface area contributed by atoms with Crippen molar-refractivity contribution in [3.8, 4) is 0 Å². The predicted octanol–water partition coefficient (Wildman–Crippen LogP) is 2.95. The van der Waals surface area contributed by atoms with Crippen LogP contribution in [0.4, 0.5) is 5.69 Å². The molecule has 1 aromatic carbocycles. The maximum absolute atomic E-state index is 12.3. The Bertz CT molecular complexity index is 465. The Kier molecular flexibility index (Phi) is 2.86. The molecule has 2 aliphatic rings. The van der Waals surface area contributed by atoms with Crippen LogP contribution in [0.5, 0.6) is 0 Å². The monoisotopic (exact) mass is 244 g/mol. The van der Waals surface area contributed by atoms with Gasteiger partial charge in [-0.05, 0) is 48.6 Å². The quantitative estimate of drug-likeness (QED) is 0.767. The highest BCUT2D eigenvalue weighted by molar-refractivity contribution is 5.86. The molecule has 1 atom stereocenters. The lowest BCUT2D eigenvalue weighted by molar-refractivity contribution is -0.132. The van der Waals surface area contributed by atoms with Gasteiger partial charge in [0.05, 0.1) is 5.92 Å². The molecular weight excluding hydrogens is 228 g/mol. The average Bonchev–Trinajstić information content (AvgIpc) is 2.70. The molecule has 1 saturated heterocycles. The van der Waals surface area contributed by atoms with E-state index in [2.05, 4.69) is 5.18 Å². The first-order valence-electron chi connectivity index (χ1n) is 6.53. The van der Waals surface area contributed by atoms with Gasteiger partial charge in [-0.15, -0.1) is 4.91 Å². The van der Waals surface area contributed by atoms with Crippen molar-refractivity contribution in [2.45, 2.75) is 37.6 Å². The van der Waals surface area contributed by atoms with Crippen LogP contribution in [0.1, 0.15) is 37.2 Å². The van der Waals surface area contributed by atoms with Crippen LogP contribution < -0.4 is 0 Å². The Labute approximate surface area is 106 Å². The number of amides is 1. The molecule has 0 bridgehead atoms. The molecular formula is C14H16N2O2. The van der Waals surface area contributed by atoms with Crippen molar-refractivity contribution in [3.05, 3.63) is 34.7 Å². The van der Waals surface area contributed by atoms with E-state index in [0.29, 0.717) is 11.7 Å². The lowest BCUT2D eigenvalue weighted by Crippen LogP contribution is -2.41. The molecule has 2 fully saturated rings. The molecule has 1 saturated carbocycles. The lowest BCUT2D eigenvalue weighted by Gasteiger charge is -2.34. The third-order valence-electron chi connectivity index (χ3n) is 4.16. The molecule has 18 heavy (non-hydrogen) atoms. The normalized spacial score (nSPS) is 24.1. The second-order valence-corrected chi connectivity index (χ2v) is 5.14. The van der Waals surface area contributed by atoms with E-state index in [1.807, 2.05) is 17.0 Å². The molecule has 3 rings (SSSR count). The van der Waals surface area contributed by atoms with Crippen molar-refractivity contribution in [2.24, 2.45) is 5.18 Å². The van der Waals surface area contributed by atoms with Gasteiger partial charge in [-0.3, -0.25) is 4.79 Å². The highest BCUT2D eigenvalue weighted by atomic mass is 16.3. The van der Waals surface area contributed by atoms with Gasteiger partial charge < -0.3 is 4.90 Å². The Balaban J connectivity index is 1.76. The van der Waals surface area contributed by atoms with Crippen molar-refractivity contribution in [2.75, 3.05) is 6.54 Å². The van der Waals surface area contributed by atoms with Crippen molar-refractivity contribution < 1.29 is 4.79 Å². The maximum atomic E-state index is 12.3. The summed E-state index contributed by atoms with van der Waals surface area (Å²) in [5, 5.41) is 2.88. The number of benzene rings is 1. The second-order valence-electron chi connectivity index (χ2n) is 5.14. The SMILES string of the molecule is O=Nc1ccc(C2CCN(C3CCC3)C2=O)cc1. The minimum atomic E-state index is -0.0219. The number of rotatable bonds is 3. The Hall–Kier alpha value is -1.71. The highest BCUT2D eigenvalue weighted by Gasteiger charge is 2.38. The van der Waals surface area contributed by atoms with E-state index >= 15 is 0 Å². The summed E-state index contributed by atoms with van der Waals surface area (Å²) in [6, 6.07) is 7.55. The van der Waals surface area contributed by atoms with Crippen LogP contribution in [0, 0.1) is 4.91 Å².